The molecule has 0 aliphatic heterocycles. The minimum Gasteiger partial charge on any atom is -0.248 e. The van der Waals surface area contributed by atoms with Crippen molar-refractivity contribution in [2.75, 3.05) is 0 Å². The highest BCUT2D eigenvalue weighted by Gasteiger charge is 2.25. The van der Waals surface area contributed by atoms with Crippen molar-refractivity contribution in [3.05, 3.63) is 125 Å². The zero-order valence-electron chi connectivity index (χ0n) is 17.3. The van der Waals surface area contributed by atoms with Crippen molar-refractivity contribution in [1.82, 2.24) is 0 Å². The Kier molecular flexibility index (Phi) is 4.44. The van der Waals surface area contributed by atoms with Gasteiger partial charge in [-0.2, -0.15) is 0 Å². The standard InChI is InChI=1S/C29H23N/c1-19-10-7-15-24(18-19)21(3)30-29(23-11-5-4-6-12-23)27-20(2)25-16-8-13-22-14-9-17-26(27)28(22)25/h4-18H,3H2,1-2H3. The van der Waals surface area contributed by atoms with E-state index in [4.69, 9.17) is 4.99 Å². The summed E-state index contributed by atoms with van der Waals surface area (Å²) >= 11 is 0. The second-order valence-electron chi connectivity index (χ2n) is 7.85. The van der Waals surface area contributed by atoms with E-state index in [1.807, 2.05) is 6.07 Å². The van der Waals surface area contributed by atoms with E-state index in [9.17, 15) is 0 Å². The van der Waals surface area contributed by atoms with Gasteiger partial charge in [-0.25, -0.2) is 4.99 Å². The molecule has 1 heteroatoms. The van der Waals surface area contributed by atoms with Gasteiger partial charge < -0.3 is 0 Å². The van der Waals surface area contributed by atoms with E-state index in [1.165, 1.54) is 38.6 Å². The Morgan fingerprint density at radius 2 is 1.37 bits per heavy atom. The number of benzene rings is 4. The van der Waals surface area contributed by atoms with E-state index in [1.54, 1.807) is 0 Å². The summed E-state index contributed by atoms with van der Waals surface area (Å²) in [6.45, 7) is 8.62. The fourth-order valence-electron chi connectivity index (χ4n) is 4.39. The van der Waals surface area contributed by atoms with Gasteiger partial charge in [0.15, 0.2) is 0 Å². The van der Waals surface area contributed by atoms with Crippen LogP contribution in [0.4, 0.5) is 0 Å². The first-order chi connectivity index (χ1) is 14.6. The number of aryl methyl sites for hydroxylation is 1. The van der Waals surface area contributed by atoms with Crippen LogP contribution in [-0.4, -0.2) is 5.71 Å². The van der Waals surface area contributed by atoms with Crippen LogP contribution < -0.4 is 0 Å². The Bertz CT molecular complexity index is 1350. The molecule has 30 heavy (non-hydrogen) atoms. The monoisotopic (exact) mass is 385 g/mol. The Balaban J connectivity index is 1.74. The molecule has 0 N–H and O–H groups in total. The normalized spacial score (nSPS) is 13.2. The lowest BCUT2D eigenvalue weighted by Crippen LogP contribution is -2.05. The van der Waals surface area contributed by atoms with Gasteiger partial charge in [0.25, 0.3) is 0 Å². The predicted octanol–water partition coefficient (Wildman–Crippen LogP) is 7.55. The van der Waals surface area contributed by atoms with Crippen LogP contribution in [0.2, 0.25) is 0 Å². The van der Waals surface area contributed by atoms with Crippen molar-refractivity contribution in [2.24, 2.45) is 4.99 Å². The van der Waals surface area contributed by atoms with Gasteiger partial charge in [0.1, 0.15) is 0 Å². The molecule has 0 bridgehead atoms. The number of hydrogen-bond acceptors (Lipinski definition) is 1. The Labute approximate surface area is 177 Å². The lowest BCUT2D eigenvalue weighted by Gasteiger charge is -2.13. The first-order valence-electron chi connectivity index (χ1n) is 10.3. The maximum Gasteiger partial charge on any atom is 0.0790 e. The van der Waals surface area contributed by atoms with E-state index >= 15 is 0 Å². The third kappa shape index (κ3) is 3.00. The van der Waals surface area contributed by atoms with Crippen molar-refractivity contribution in [3.63, 3.8) is 0 Å². The molecule has 0 aromatic heterocycles. The lowest BCUT2D eigenvalue weighted by molar-refractivity contribution is 1.42. The lowest BCUT2D eigenvalue weighted by atomic mass is 9.94. The third-order valence-electron chi connectivity index (χ3n) is 5.84. The molecule has 144 valence electrons. The van der Waals surface area contributed by atoms with Crippen LogP contribution in [0.25, 0.3) is 27.6 Å². The average molecular weight is 386 g/mol. The molecule has 1 aliphatic rings. The molecule has 1 nitrogen and oxygen atoms in total. The minimum absolute atomic E-state index is 0.779. The summed E-state index contributed by atoms with van der Waals surface area (Å²) < 4.78 is 0. The van der Waals surface area contributed by atoms with Crippen molar-refractivity contribution in [3.8, 4) is 0 Å². The van der Waals surface area contributed by atoms with Gasteiger partial charge in [0.2, 0.25) is 0 Å². The summed E-state index contributed by atoms with van der Waals surface area (Å²) in [5, 5.41) is 2.58. The molecule has 0 atom stereocenters. The number of rotatable bonds is 4. The molecule has 0 unspecified atom stereocenters. The Hall–Kier alpha value is -3.71. The maximum atomic E-state index is 5.12. The van der Waals surface area contributed by atoms with E-state index in [-0.39, 0.29) is 0 Å². The van der Waals surface area contributed by atoms with E-state index in [2.05, 4.69) is 105 Å². The summed E-state index contributed by atoms with van der Waals surface area (Å²) in [7, 11) is 0. The highest BCUT2D eigenvalue weighted by molar-refractivity contribution is 6.42. The van der Waals surface area contributed by atoms with Crippen LogP contribution in [0.5, 0.6) is 0 Å². The maximum absolute atomic E-state index is 5.12. The van der Waals surface area contributed by atoms with E-state index in [0.717, 1.165) is 22.5 Å². The van der Waals surface area contributed by atoms with Crippen molar-refractivity contribution >= 4 is 33.3 Å². The molecule has 0 amide bonds. The first kappa shape index (κ1) is 18.3. The van der Waals surface area contributed by atoms with E-state index < -0.39 is 0 Å². The van der Waals surface area contributed by atoms with Crippen LogP contribution in [0.1, 0.15) is 34.7 Å². The predicted molar refractivity (Wildman–Crippen MR) is 130 cm³/mol. The first-order valence-corrected chi connectivity index (χ1v) is 10.3. The summed E-state index contributed by atoms with van der Waals surface area (Å²) in [5.41, 5.74) is 10.1. The zero-order chi connectivity index (χ0) is 20.7. The molecule has 1 aliphatic carbocycles. The summed E-state index contributed by atoms with van der Waals surface area (Å²) in [4.78, 5) is 5.12. The minimum atomic E-state index is 0.779. The largest absolute Gasteiger partial charge is 0.248 e. The average Bonchev–Trinajstić information content (AvgIpc) is 3.06. The number of aliphatic imine (C=N–C) groups is 1. The van der Waals surface area contributed by atoms with Gasteiger partial charge in [0, 0.05) is 11.1 Å². The molecular weight excluding hydrogens is 362 g/mol. The van der Waals surface area contributed by atoms with Gasteiger partial charge in [-0.1, -0.05) is 97.1 Å². The molecule has 4 aromatic rings. The quantitative estimate of drug-likeness (QED) is 0.322. The molecule has 0 saturated heterocycles. The molecule has 0 fully saturated rings. The van der Waals surface area contributed by atoms with Crippen molar-refractivity contribution < 1.29 is 0 Å². The summed E-state index contributed by atoms with van der Waals surface area (Å²) in [5.74, 6) is 0. The van der Waals surface area contributed by atoms with Gasteiger partial charge >= 0.3 is 0 Å². The molecule has 0 spiro atoms. The van der Waals surface area contributed by atoms with Crippen LogP contribution in [0, 0.1) is 6.92 Å². The summed E-state index contributed by atoms with van der Waals surface area (Å²) in [6.07, 6.45) is 0. The van der Waals surface area contributed by atoms with Gasteiger partial charge in [-0.05, 0) is 52.9 Å². The van der Waals surface area contributed by atoms with Gasteiger partial charge in [-0.3, -0.25) is 0 Å². The Morgan fingerprint density at radius 1 is 0.700 bits per heavy atom. The number of nitrogens with zero attached hydrogens (tertiary/aromatic N) is 1. The molecule has 0 saturated carbocycles. The number of hydrogen-bond donors (Lipinski definition) is 0. The smallest absolute Gasteiger partial charge is 0.0790 e. The SMILES string of the molecule is C=C(N=C(C1=C(C)c2cccc3cccc1c23)c1ccccc1)c1cccc(C)c1. The van der Waals surface area contributed by atoms with Crippen LogP contribution in [0.15, 0.2) is 103 Å². The molecule has 0 radical (unpaired) electrons. The third-order valence-corrected chi connectivity index (χ3v) is 5.84. The fraction of sp³-hybridized carbons (Fsp3) is 0.0690. The molecular formula is C29H23N. The van der Waals surface area contributed by atoms with Crippen LogP contribution in [0.3, 0.4) is 0 Å². The second kappa shape index (κ2) is 7.27. The topological polar surface area (TPSA) is 12.4 Å². The Morgan fingerprint density at radius 3 is 2.10 bits per heavy atom. The fourth-order valence-corrected chi connectivity index (χ4v) is 4.39. The zero-order valence-corrected chi connectivity index (χ0v) is 17.3. The van der Waals surface area contributed by atoms with Crippen molar-refractivity contribution in [1.29, 1.82) is 0 Å². The second-order valence-corrected chi connectivity index (χ2v) is 7.85. The molecule has 5 rings (SSSR count). The van der Waals surface area contributed by atoms with Crippen LogP contribution >= 0.6 is 0 Å². The van der Waals surface area contributed by atoms with Crippen LogP contribution in [-0.2, 0) is 0 Å². The molecule has 4 aromatic carbocycles. The van der Waals surface area contributed by atoms with E-state index in [0.29, 0.717) is 0 Å². The van der Waals surface area contributed by atoms with Gasteiger partial charge in [-0.15, -0.1) is 0 Å². The highest BCUT2D eigenvalue weighted by Crippen LogP contribution is 2.43. The molecule has 0 heterocycles. The number of allylic oxidation sites excluding steroid dienone is 2. The van der Waals surface area contributed by atoms with Gasteiger partial charge in [0.05, 0.1) is 11.4 Å². The summed E-state index contributed by atoms with van der Waals surface area (Å²) in [6, 6.07) is 31.9. The highest BCUT2D eigenvalue weighted by atomic mass is 14.8. The van der Waals surface area contributed by atoms with Crippen molar-refractivity contribution in [2.45, 2.75) is 13.8 Å².